The highest BCUT2D eigenvalue weighted by molar-refractivity contribution is 5.53. The Bertz CT molecular complexity index is 636. The van der Waals surface area contributed by atoms with E-state index in [4.69, 9.17) is 9.47 Å². The van der Waals surface area contributed by atoms with Gasteiger partial charge in [0.1, 0.15) is 12.4 Å². The molecule has 0 spiro atoms. The Balaban J connectivity index is 1.45. The molecule has 0 radical (unpaired) electrons. The highest BCUT2D eigenvalue weighted by Gasteiger charge is 2.43. The predicted octanol–water partition coefficient (Wildman–Crippen LogP) is 4.87. The summed E-state index contributed by atoms with van der Waals surface area (Å²) in [5, 5.41) is 0. The fourth-order valence-electron chi connectivity index (χ4n) is 5.21. The van der Waals surface area contributed by atoms with Gasteiger partial charge in [0.25, 0.3) is 0 Å². The topological polar surface area (TPSA) is 35.5 Å². The van der Waals surface area contributed by atoms with Gasteiger partial charge in [-0.3, -0.25) is 0 Å². The second kappa shape index (κ2) is 6.97. The monoisotopic (exact) mass is 346 g/mol. The standard InChI is InChI=1S/C21H27FO3/c1-2-24-18-10-9-17-16-8-7-15(11-19(16)25-21(17)20(18)22)14-5-3-13(12-23)4-6-14/h9-10,12-16,19H,2-8,11H2,1H3. The average molecular weight is 346 g/mol. The SMILES string of the molecule is CCOc1ccc2c(c1F)OC1CC(C3CCC(C=O)CC3)CCC21. The first-order valence-corrected chi connectivity index (χ1v) is 9.78. The zero-order chi connectivity index (χ0) is 17.4. The third kappa shape index (κ3) is 3.04. The van der Waals surface area contributed by atoms with E-state index in [0.29, 0.717) is 35.9 Å². The molecule has 0 amide bonds. The quantitative estimate of drug-likeness (QED) is 0.729. The smallest absolute Gasteiger partial charge is 0.207 e. The van der Waals surface area contributed by atoms with Crippen LogP contribution in [0.2, 0.25) is 0 Å². The highest BCUT2D eigenvalue weighted by atomic mass is 19.1. The Labute approximate surface area is 148 Å². The number of carbonyl (C=O) groups is 1. The summed E-state index contributed by atoms with van der Waals surface area (Å²) in [6.45, 7) is 2.31. The van der Waals surface area contributed by atoms with Crippen molar-refractivity contribution in [2.75, 3.05) is 6.61 Å². The molecule has 3 aliphatic rings. The first-order valence-electron chi connectivity index (χ1n) is 9.78. The van der Waals surface area contributed by atoms with Crippen LogP contribution in [0.25, 0.3) is 0 Å². The van der Waals surface area contributed by atoms with Gasteiger partial charge < -0.3 is 14.3 Å². The van der Waals surface area contributed by atoms with Crippen molar-refractivity contribution < 1.29 is 18.7 Å². The molecule has 2 saturated carbocycles. The predicted molar refractivity (Wildman–Crippen MR) is 93.6 cm³/mol. The van der Waals surface area contributed by atoms with Crippen LogP contribution in [0.15, 0.2) is 12.1 Å². The summed E-state index contributed by atoms with van der Waals surface area (Å²) < 4.78 is 26.1. The van der Waals surface area contributed by atoms with Gasteiger partial charge in [0.2, 0.25) is 5.82 Å². The summed E-state index contributed by atoms with van der Waals surface area (Å²) in [5.41, 5.74) is 1.02. The van der Waals surface area contributed by atoms with Gasteiger partial charge in [0.15, 0.2) is 11.5 Å². The number of halogens is 1. The third-order valence-electron chi connectivity index (χ3n) is 6.57. The van der Waals surface area contributed by atoms with E-state index in [9.17, 15) is 9.18 Å². The van der Waals surface area contributed by atoms with Crippen LogP contribution in [0.5, 0.6) is 11.5 Å². The highest BCUT2D eigenvalue weighted by Crippen LogP contribution is 2.51. The molecule has 0 saturated heterocycles. The van der Waals surface area contributed by atoms with E-state index in [1.54, 1.807) is 6.07 Å². The van der Waals surface area contributed by atoms with E-state index in [2.05, 4.69) is 0 Å². The van der Waals surface area contributed by atoms with Crippen LogP contribution < -0.4 is 9.47 Å². The van der Waals surface area contributed by atoms with Crippen LogP contribution in [0, 0.1) is 23.6 Å². The lowest BCUT2D eigenvalue weighted by atomic mass is 9.68. The minimum absolute atomic E-state index is 0.101. The number of rotatable bonds is 4. The maximum Gasteiger partial charge on any atom is 0.207 e. The van der Waals surface area contributed by atoms with Crippen LogP contribution in [-0.4, -0.2) is 19.0 Å². The molecule has 3 nitrogen and oxygen atoms in total. The molecule has 1 heterocycles. The molecule has 25 heavy (non-hydrogen) atoms. The normalized spacial score (nSPS) is 33.9. The molecule has 136 valence electrons. The number of benzene rings is 1. The summed E-state index contributed by atoms with van der Waals surface area (Å²) in [5.74, 6) is 2.32. The van der Waals surface area contributed by atoms with Gasteiger partial charge in [-0.05, 0) is 69.8 Å². The average Bonchev–Trinajstić information content (AvgIpc) is 3.03. The second-order valence-electron chi connectivity index (χ2n) is 7.88. The van der Waals surface area contributed by atoms with Crippen LogP contribution in [0.1, 0.15) is 63.4 Å². The van der Waals surface area contributed by atoms with Crippen LogP contribution in [0.4, 0.5) is 4.39 Å². The van der Waals surface area contributed by atoms with Gasteiger partial charge in [0.05, 0.1) is 6.61 Å². The van der Waals surface area contributed by atoms with Gasteiger partial charge in [-0.25, -0.2) is 0 Å². The molecule has 3 unspecified atom stereocenters. The second-order valence-corrected chi connectivity index (χ2v) is 7.88. The Morgan fingerprint density at radius 3 is 2.64 bits per heavy atom. The van der Waals surface area contributed by atoms with E-state index < -0.39 is 0 Å². The van der Waals surface area contributed by atoms with Crippen molar-refractivity contribution in [1.29, 1.82) is 0 Å². The molecule has 4 rings (SSSR count). The number of carbonyl (C=O) groups excluding carboxylic acids is 1. The van der Waals surface area contributed by atoms with E-state index in [-0.39, 0.29) is 17.8 Å². The maximum absolute atomic E-state index is 14.7. The lowest BCUT2D eigenvalue weighted by Gasteiger charge is -2.38. The Morgan fingerprint density at radius 2 is 1.92 bits per heavy atom. The van der Waals surface area contributed by atoms with Gasteiger partial charge in [-0.1, -0.05) is 6.07 Å². The Morgan fingerprint density at radius 1 is 1.16 bits per heavy atom. The van der Waals surface area contributed by atoms with Crippen molar-refractivity contribution in [1.82, 2.24) is 0 Å². The summed E-state index contributed by atoms with van der Waals surface area (Å²) >= 11 is 0. The minimum Gasteiger partial charge on any atom is -0.491 e. The summed E-state index contributed by atoms with van der Waals surface area (Å²) in [6.07, 6.45) is 8.88. The number of fused-ring (bicyclic) bond motifs is 3. The first-order chi connectivity index (χ1) is 12.2. The number of aldehydes is 1. The zero-order valence-electron chi connectivity index (χ0n) is 14.9. The summed E-state index contributed by atoms with van der Waals surface area (Å²) in [6, 6.07) is 3.74. The molecule has 1 aromatic carbocycles. The lowest BCUT2D eigenvalue weighted by Crippen LogP contribution is -2.33. The van der Waals surface area contributed by atoms with Crippen molar-refractivity contribution >= 4 is 6.29 Å². The minimum atomic E-state index is -0.336. The molecule has 4 heteroatoms. The molecule has 2 aliphatic carbocycles. The summed E-state index contributed by atoms with van der Waals surface area (Å²) in [4.78, 5) is 11.0. The molecular weight excluding hydrogens is 319 g/mol. The van der Waals surface area contributed by atoms with Crippen molar-refractivity contribution in [2.45, 2.75) is 63.9 Å². The van der Waals surface area contributed by atoms with Crippen LogP contribution in [-0.2, 0) is 4.79 Å². The largest absolute Gasteiger partial charge is 0.491 e. The van der Waals surface area contributed by atoms with Crippen molar-refractivity contribution in [3.63, 3.8) is 0 Å². The van der Waals surface area contributed by atoms with Crippen molar-refractivity contribution in [3.8, 4) is 11.5 Å². The molecule has 1 aliphatic heterocycles. The Hall–Kier alpha value is -1.58. The van der Waals surface area contributed by atoms with E-state index in [0.717, 1.165) is 50.4 Å². The fourth-order valence-corrected chi connectivity index (χ4v) is 5.21. The van der Waals surface area contributed by atoms with Crippen molar-refractivity contribution in [2.24, 2.45) is 17.8 Å². The molecule has 1 aromatic rings. The van der Waals surface area contributed by atoms with Gasteiger partial charge in [-0.15, -0.1) is 0 Å². The molecule has 0 aromatic heterocycles. The lowest BCUT2D eigenvalue weighted by molar-refractivity contribution is -0.112. The number of ether oxygens (including phenoxy) is 2. The first kappa shape index (κ1) is 16.9. The van der Waals surface area contributed by atoms with Crippen molar-refractivity contribution in [3.05, 3.63) is 23.5 Å². The molecule has 3 atom stereocenters. The molecule has 2 fully saturated rings. The fraction of sp³-hybridized carbons (Fsp3) is 0.667. The third-order valence-corrected chi connectivity index (χ3v) is 6.57. The molecule has 0 bridgehead atoms. The van der Waals surface area contributed by atoms with E-state index in [1.165, 1.54) is 6.42 Å². The summed E-state index contributed by atoms with van der Waals surface area (Å²) in [7, 11) is 0. The maximum atomic E-state index is 14.7. The Kier molecular flexibility index (Phi) is 4.70. The van der Waals surface area contributed by atoms with Crippen LogP contribution in [0.3, 0.4) is 0 Å². The van der Waals surface area contributed by atoms with Crippen LogP contribution >= 0.6 is 0 Å². The number of hydrogen-bond acceptors (Lipinski definition) is 3. The van der Waals surface area contributed by atoms with E-state index >= 15 is 0 Å². The molecular formula is C21H27FO3. The number of hydrogen-bond donors (Lipinski definition) is 0. The van der Waals surface area contributed by atoms with Gasteiger partial charge in [0, 0.05) is 17.4 Å². The zero-order valence-corrected chi connectivity index (χ0v) is 14.9. The van der Waals surface area contributed by atoms with Gasteiger partial charge >= 0.3 is 0 Å². The van der Waals surface area contributed by atoms with E-state index in [1.807, 2.05) is 13.0 Å². The molecule has 0 N–H and O–H groups in total. The van der Waals surface area contributed by atoms with Gasteiger partial charge in [-0.2, -0.15) is 4.39 Å².